The number of aromatic nitrogens is 3. The van der Waals surface area contributed by atoms with Gasteiger partial charge >= 0.3 is 6.30 Å². The Labute approximate surface area is 190 Å². The SMILES string of the molecule is CC1c2nn(C(F)(F)F)c(-c3cc(F)cc(F)c3)c2CCN1C(=O)c1ccc2ncccc2c1. The highest BCUT2D eigenvalue weighted by Crippen LogP contribution is 2.40. The molecule has 1 atom stereocenters. The third kappa shape index (κ3) is 3.68. The van der Waals surface area contributed by atoms with Crippen molar-refractivity contribution in [3.8, 4) is 11.3 Å². The molecule has 0 bridgehead atoms. The summed E-state index contributed by atoms with van der Waals surface area (Å²) in [6, 6.07) is 10.0. The molecule has 0 fully saturated rings. The quantitative estimate of drug-likeness (QED) is 0.356. The van der Waals surface area contributed by atoms with Crippen molar-refractivity contribution in [1.29, 1.82) is 0 Å². The Balaban J connectivity index is 1.57. The van der Waals surface area contributed by atoms with E-state index in [1.165, 1.54) is 4.90 Å². The van der Waals surface area contributed by atoms with Crippen LogP contribution in [-0.4, -0.2) is 32.1 Å². The number of benzene rings is 2. The first-order chi connectivity index (χ1) is 16.1. The summed E-state index contributed by atoms with van der Waals surface area (Å²) in [7, 11) is 0. The van der Waals surface area contributed by atoms with Gasteiger partial charge in [0.25, 0.3) is 5.91 Å². The van der Waals surface area contributed by atoms with Gasteiger partial charge in [-0.3, -0.25) is 9.78 Å². The van der Waals surface area contributed by atoms with Gasteiger partial charge in [-0.25, -0.2) is 8.78 Å². The maximum absolute atomic E-state index is 13.8. The molecule has 0 radical (unpaired) electrons. The number of pyridine rings is 1. The minimum atomic E-state index is -4.92. The molecule has 34 heavy (non-hydrogen) atoms. The van der Waals surface area contributed by atoms with E-state index in [4.69, 9.17) is 0 Å². The molecule has 0 N–H and O–H groups in total. The lowest BCUT2D eigenvalue weighted by molar-refractivity contribution is -0.211. The lowest BCUT2D eigenvalue weighted by Crippen LogP contribution is -2.38. The smallest absolute Gasteiger partial charge is 0.330 e. The average Bonchev–Trinajstić information content (AvgIpc) is 3.19. The average molecular weight is 472 g/mol. The molecule has 0 spiro atoms. The van der Waals surface area contributed by atoms with E-state index in [0.29, 0.717) is 17.1 Å². The lowest BCUT2D eigenvalue weighted by atomic mass is 9.95. The van der Waals surface area contributed by atoms with Gasteiger partial charge in [-0.1, -0.05) is 6.07 Å². The summed E-state index contributed by atoms with van der Waals surface area (Å²) >= 11 is 0. The van der Waals surface area contributed by atoms with E-state index in [0.717, 1.165) is 17.5 Å². The second-order valence-electron chi connectivity index (χ2n) is 8.09. The summed E-state index contributed by atoms with van der Waals surface area (Å²) in [6.45, 7) is 1.70. The lowest BCUT2D eigenvalue weighted by Gasteiger charge is -2.33. The predicted molar refractivity (Wildman–Crippen MR) is 114 cm³/mol. The number of amides is 1. The minimum Gasteiger partial charge on any atom is -0.330 e. The maximum atomic E-state index is 13.8. The Hall–Kier alpha value is -3.82. The van der Waals surface area contributed by atoms with Crippen LogP contribution in [0.2, 0.25) is 0 Å². The zero-order valence-corrected chi connectivity index (χ0v) is 17.8. The molecule has 3 heterocycles. The van der Waals surface area contributed by atoms with Crippen molar-refractivity contribution >= 4 is 16.8 Å². The molecule has 2 aromatic heterocycles. The molecule has 1 aliphatic rings. The Morgan fingerprint density at radius 1 is 1.06 bits per heavy atom. The van der Waals surface area contributed by atoms with Crippen molar-refractivity contribution in [1.82, 2.24) is 19.7 Å². The third-order valence-electron chi connectivity index (χ3n) is 5.97. The predicted octanol–water partition coefficient (Wildman–Crippen LogP) is 5.61. The first kappa shape index (κ1) is 22.0. The van der Waals surface area contributed by atoms with Crippen molar-refractivity contribution in [2.45, 2.75) is 25.7 Å². The molecule has 0 saturated heterocycles. The standard InChI is InChI=1S/C24H17F5N4O/c1-13-21-19(22(33(31-21)24(27,28)29)16-10-17(25)12-18(26)11-16)6-8-32(13)23(34)15-4-5-20-14(9-15)3-2-7-30-20/h2-5,7,9-13H,6,8H2,1H3. The fraction of sp³-hybridized carbons (Fsp3) is 0.208. The highest BCUT2D eigenvalue weighted by atomic mass is 19.4. The summed E-state index contributed by atoms with van der Waals surface area (Å²) in [4.78, 5) is 18.9. The van der Waals surface area contributed by atoms with Gasteiger partial charge in [0, 0.05) is 40.9 Å². The van der Waals surface area contributed by atoms with Crippen LogP contribution >= 0.6 is 0 Å². The summed E-state index contributed by atoms with van der Waals surface area (Å²) < 4.78 is 69.0. The van der Waals surface area contributed by atoms with Crippen LogP contribution in [0.3, 0.4) is 0 Å². The molecule has 1 amide bonds. The summed E-state index contributed by atoms with van der Waals surface area (Å²) in [5.74, 6) is -2.35. The number of nitrogens with zero attached hydrogens (tertiary/aromatic N) is 4. The van der Waals surface area contributed by atoms with Crippen molar-refractivity contribution in [3.05, 3.63) is 83.2 Å². The Morgan fingerprint density at radius 3 is 2.50 bits per heavy atom. The topological polar surface area (TPSA) is 51.0 Å². The Morgan fingerprint density at radius 2 is 1.79 bits per heavy atom. The molecule has 5 rings (SSSR count). The second-order valence-corrected chi connectivity index (χ2v) is 8.09. The van der Waals surface area contributed by atoms with Crippen LogP contribution in [0.15, 0.2) is 54.7 Å². The molecule has 174 valence electrons. The van der Waals surface area contributed by atoms with E-state index >= 15 is 0 Å². The van der Waals surface area contributed by atoms with Gasteiger partial charge in [-0.2, -0.15) is 9.78 Å². The van der Waals surface area contributed by atoms with Gasteiger partial charge < -0.3 is 4.90 Å². The molecular formula is C24H17F5N4O. The van der Waals surface area contributed by atoms with Gasteiger partial charge in [-0.05, 0) is 49.7 Å². The molecule has 5 nitrogen and oxygen atoms in total. The molecule has 4 aromatic rings. The number of carbonyl (C=O) groups excluding carboxylic acids is 1. The normalized spacial score (nSPS) is 16.1. The summed E-state index contributed by atoms with van der Waals surface area (Å²) in [5.41, 5.74) is 0.650. The van der Waals surface area contributed by atoms with Crippen LogP contribution in [0.4, 0.5) is 22.0 Å². The van der Waals surface area contributed by atoms with Crippen LogP contribution < -0.4 is 0 Å². The molecule has 2 aromatic carbocycles. The van der Waals surface area contributed by atoms with Crippen molar-refractivity contribution in [2.75, 3.05) is 6.54 Å². The summed E-state index contributed by atoms with van der Waals surface area (Å²) in [6.07, 6.45) is -3.24. The fourth-order valence-electron chi connectivity index (χ4n) is 4.45. The van der Waals surface area contributed by atoms with E-state index in [-0.39, 0.29) is 40.4 Å². The highest BCUT2D eigenvalue weighted by Gasteiger charge is 2.41. The van der Waals surface area contributed by atoms with Crippen LogP contribution in [-0.2, 0) is 12.7 Å². The first-order valence-corrected chi connectivity index (χ1v) is 10.4. The molecule has 0 saturated carbocycles. The number of hydrogen-bond acceptors (Lipinski definition) is 3. The van der Waals surface area contributed by atoms with Crippen LogP contribution in [0.1, 0.15) is 34.6 Å². The van der Waals surface area contributed by atoms with Crippen molar-refractivity contribution in [3.63, 3.8) is 0 Å². The second kappa shape index (κ2) is 7.89. The Kier molecular flexibility index (Phi) is 5.11. The van der Waals surface area contributed by atoms with Crippen LogP contribution in [0.5, 0.6) is 0 Å². The number of halogens is 5. The van der Waals surface area contributed by atoms with E-state index in [9.17, 15) is 26.7 Å². The van der Waals surface area contributed by atoms with Gasteiger partial charge in [0.1, 0.15) is 11.6 Å². The molecule has 1 unspecified atom stereocenters. The first-order valence-electron chi connectivity index (χ1n) is 10.4. The zero-order valence-electron chi connectivity index (χ0n) is 17.8. The number of hydrogen-bond donors (Lipinski definition) is 0. The maximum Gasteiger partial charge on any atom is 0.505 e. The number of alkyl halides is 3. The number of carbonyl (C=O) groups is 1. The van der Waals surface area contributed by atoms with E-state index < -0.39 is 29.7 Å². The van der Waals surface area contributed by atoms with Crippen LogP contribution in [0.25, 0.3) is 22.2 Å². The Bertz CT molecular complexity index is 1410. The monoisotopic (exact) mass is 472 g/mol. The van der Waals surface area contributed by atoms with Gasteiger partial charge in [-0.15, -0.1) is 13.2 Å². The zero-order chi connectivity index (χ0) is 24.2. The van der Waals surface area contributed by atoms with Gasteiger partial charge in [0.2, 0.25) is 0 Å². The molecule has 1 aliphatic heterocycles. The van der Waals surface area contributed by atoms with Crippen LogP contribution in [0, 0.1) is 11.6 Å². The van der Waals surface area contributed by atoms with Crippen molar-refractivity contribution in [2.24, 2.45) is 0 Å². The largest absolute Gasteiger partial charge is 0.505 e. The fourth-order valence-corrected chi connectivity index (χ4v) is 4.45. The minimum absolute atomic E-state index is 0.0408. The number of rotatable bonds is 2. The molecular weight excluding hydrogens is 455 g/mol. The van der Waals surface area contributed by atoms with Gasteiger partial charge in [0.05, 0.1) is 22.9 Å². The van der Waals surface area contributed by atoms with Crippen molar-refractivity contribution < 1.29 is 26.7 Å². The molecule has 0 aliphatic carbocycles. The third-order valence-corrected chi connectivity index (χ3v) is 5.97. The van der Waals surface area contributed by atoms with E-state index in [2.05, 4.69) is 10.1 Å². The summed E-state index contributed by atoms with van der Waals surface area (Å²) in [5, 5.41) is 4.52. The van der Waals surface area contributed by atoms with E-state index in [1.54, 1.807) is 37.4 Å². The number of fused-ring (bicyclic) bond motifs is 2. The van der Waals surface area contributed by atoms with Gasteiger partial charge in [0.15, 0.2) is 0 Å². The molecule has 10 heteroatoms. The highest BCUT2D eigenvalue weighted by molar-refractivity contribution is 5.98. The van der Waals surface area contributed by atoms with E-state index in [1.807, 2.05) is 6.07 Å².